The maximum absolute atomic E-state index is 12.0. The van der Waals surface area contributed by atoms with Crippen molar-refractivity contribution in [3.8, 4) is 5.75 Å². The van der Waals surface area contributed by atoms with E-state index in [9.17, 15) is 8.42 Å². The van der Waals surface area contributed by atoms with Gasteiger partial charge in [0, 0.05) is 18.7 Å². The minimum Gasteiger partial charge on any atom is -0.494 e. The summed E-state index contributed by atoms with van der Waals surface area (Å²) in [4.78, 5) is 4.81. The van der Waals surface area contributed by atoms with E-state index in [0.717, 1.165) is 22.4 Å². The second-order valence-corrected chi connectivity index (χ2v) is 8.33. The molecule has 0 saturated carbocycles. The minimum absolute atomic E-state index is 0.228. The van der Waals surface area contributed by atoms with Crippen LogP contribution >= 0.6 is 0 Å². The Labute approximate surface area is 173 Å². The van der Waals surface area contributed by atoms with Crippen LogP contribution < -0.4 is 20.1 Å². The van der Waals surface area contributed by atoms with Crippen molar-refractivity contribution in [2.45, 2.75) is 38.8 Å². The number of hydrogen-bond acceptors (Lipinski definition) is 4. The van der Waals surface area contributed by atoms with E-state index in [4.69, 9.17) is 4.74 Å². The molecule has 0 aliphatic carbocycles. The lowest BCUT2D eigenvalue weighted by Gasteiger charge is -2.15. The topological polar surface area (TPSA) is 91.8 Å². The van der Waals surface area contributed by atoms with Crippen LogP contribution in [0.2, 0.25) is 0 Å². The van der Waals surface area contributed by atoms with Gasteiger partial charge in [0.1, 0.15) is 5.75 Å². The molecular formula is C21H30N4O3S. The molecule has 0 bridgehead atoms. The smallest absolute Gasteiger partial charge is 0.240 e. The van der Waals surface area contributed by atoms with E-state index < -0.39 is 10.0 Å². The van der Waals surface area contributed by atoms with Crippen molar-refractivity contribution in [1.82, 2.24) is 15.4 Å². The molecule has 0 fully saturated rings. The molecule has 0 amide bonds. The van der Waals surface area contributed by atoms with Crippen LogP contribution in [0.4, 0.5) is 0 Å². The standard InChI is InChI=1S/C21H30N4O3S/c1-5-23-21(25-15-18-11-10-16(3)12-20(18)28-6-2)24-14-17-8-7-9-19(13-17)29(26,27)22-4/h7-13,22H,5-6,14-15H2,1-4H3,(H2,23,24,25). The lowest BCUT2D eigenvalue weighted by molar-refractivity contribution is 0.336. The Morgan fingerprint density at radius 1 is 1.10 bits per heavy atom. The number of hydrogen-bond donors (Lipinski definition) is 3. The van der Waals surface area contributed by atoms with E-state index in [-0.39, 0.29) is 4.90 Å². The van der Waals surface area contributed by atoms with Gasteiger partial charge in [0.25, 0.3) is 0 Å². The number of rotatable bonds is 9. The monoisotopic (exact) mass is 418 g/mol. The number of aliphatic imine (C=N–C) groups is 1. The number of nitrogens with one attached hydrogen (secondary N) is 3. The minimum atomic E-state index is -3.47. The molecule has 2 aromatic carbocycles. The van der Waals surface area contributed by atoms with Crippen molar-refractivity contribution in [3.63, 3.8) is 0 Å². The van der Waals surface area contributed by atoms with Crippen molar-refractivity contribution >= 4 is 16.0 Å². The second kappa shape index (κ2) is 10.8. The first kappa shape index (κ1) is 22.7. The zero-order chi connectivity index (χ0) is 21.3. The van der Waals surface area contributed by atoms with E-state index in [1.165, 1.54) is 7.05 Å². The molecule has 0 aromatic heterocycles. The van der Waals surface area contributed by atoms with E-state index in [2.05, 4.69) is 26.4 Å². The molecule has 158 valence electrons. The SMILES string of the molecule is CCNC(=NCc1cccc(S(=O)(=O)NC)c1)NCc1ccc(C)cc1OCC. The Kier molecular flexibility index (Phi) is 8.48. The van der Waals surface area contributed by atoms with Crippen LogP contribution in [0.3, 0.4) is 0 Å². The fourth-order valence-electron chi connectivity index (χ4n) is 2.72. The van der Waals surface area contributed by atoms with Gasteiger partial charge in [0.2, 0.25) is 10.0 Å². The van der Waals surface area contributed by atoms with Gasteiger partial charge in [-0.05, 0) is 57.1 Å². The molecule has 29 heavy (non-hydrogen) atoms. The number of aryl methyl sites for hydroxylation is 1. The molecule has 0 unspecified atom stereocenters. The Hall–Kier alpha value is -2.58. The van der Waals surface area contributed by atoms with Crippen LogP contribution in [-0.2, 0) is 23.1 Å². The molecule has 0 heterocycles. The number of sulfonamides is 1. The summed E-state index contributed by atoms with van der Waals surface area (Å²) in [7, 11) is -2.08. The summed E-state index contributed by atoms with van der Waals surface area (Å²) in [5.41, 5.74) is 3.00. The van der Waals surface area contributed by atoms with Crippen molar-refractivity contribution < 1.29 is 13.2 Å². The highest BCUT2D eigenvalue weighted by molar-refractivity contribution is 7.89. The Balaban J connectivity index is 2.12. The normalized spacial score (nSPS) is 11.9. The molecule has 0 aliphatic rings. The largest absolute Gasteiger partial charge is 0.494 e. The maximum atomic E-state index is 12.0. The van der Waals surface area contributed by atoms with Crippen molar-refractivity contribution in [1.29, 1.82) is 0 Å². The number of benzene rings is 2. The first-order chi connectivity index (χ1) is 13.9. The molecule has 0 radical (unpaired) electrons. The summed E-state index contributed by atoms with van der Waals surface area (Å²) in [5, 5.41) is 6.52. The second-order valence-electron chi connectivity index (χ2n) is 6.45. The average molecular weight is 419 g/mol. The van der Waals surface area contributed by atoms with Gasteiger partial charge >= 0.3 is 0 Å². The van der Waals surface area contributed by atoms with Gasteiger partial charge in [-0.3, -0.25) is 0 Å². The molecule has 2 aromatic rings. The molecule has 0 atom stereocenters. The highest BCUT2D eigenvalue weighted by Gasteiger charge is 2.11. The van der Waals surface area contributed by atoms with Crippen LogP contribution in [0.1, 0.15) is 30.5 Å². The van der Waals surface area contributed by atoms with Crippen LogP contribution in [0, 0.1) is 6.92 Å². The average Bonchev–Trinajstić information content (AvgIpc) is 2.71. The lowest BCUT2D eigenvalue weighted by Crippen LogP contribution is -2.36. The third kappa shape index (κ3) is 6.76. The summed E-state index contributed by atoms with van der Waals surface area (Å²) in [6.07, 6.45) is 0. The van der Waals surface area contributed by atoms with Crippen molar-refractivity contribution in [3.05, 3.63) is 59.2 Å². The molecule has 3 N–H and O–H groups in total. The third-order valence-electron chi connectivity index (χ3n) is 4.21. The zero-order valence-electron chi connectivity index (χ0n) is 17.5. The summed E-state index contributed by atoms with van der Waals surface area (Å²) < 4.78 is 32.0. The van der Waals surface area contributed by atoms with Gasteiger partial charge in [0.05, 0.1) is 18.0 Å². The molecule has 0 aliphatic heterocycles. The van der Waals surface area contributed by atoms with Crippen LogP contribution in [-0.4, -0.2) is 34.6 Å². The fraction of sp³-hybridized carbons (Fsp3) is 0.381. The Morgan fingerprint density at radius 3 is 2.59 bits per heavy atom. The van der Waals surface area contributed by atoms with E-state index in [1.54, 1.807) is 18.2 Å². The van der Waals surface area contributed by atoms with Crippen LogP contribution in [0.5, 0.6) is 5.75 Å². The molecule has 8 heteroatoms. The van der Waals surface area contributed by atoms with E-state index in [1.807, 2.05) is 39.0 Å². The predicted octanol–water partition coefficient (Wildman–Crippen LogP) is 2.56. The van der Waals surface area contributed by atoms with Gasteiger partial charge in [0.15, 0.2) is 5.96 Å². The van der Waals surface area contributed by atoms with Gasteiger partial charge in [-0.25, -0.2) is 18.1 Å². The van der Waals surface area contributed by atoms with Crippen molar-refractivity contribution in [2.24, 2.45) is 4.99 Å². The van der Waals surface area contributed by atoms with Crippen molar-refractivity contribution in [2.75, 3.05) is 20.2 Å². The van der Waals surface area contributed by atoms with Gasteiger partial charge in [-0.1, -0.05) is 24.3 Å². The van der Waals surface area contributed by atoms with Crippen LogP contribution in [0.15, 0.2) is 52.4 Å². The van der Waals surface area contributed by atoms with E-state index in [0.29, 0.717) is 32.2 Å². The molecule has 2 rings (SSSR count). The van der Waals surface area contributed by atoms with Gasteiger partial charge in [-0.2, -0.15) is 0 Å². The number of guanidine groups is 1. The van der Waals surface area contributed by atoms with Gasteiger partial charge in [-0.15, -0.1) is 0 Å². The Bertz CT molecular complexity index is 943. The highest BCUT2D eigenvalue weighted by atomic mass is 32.2. The first-order valence-electron chi connectivity index (χ1n) is 9.66. The summed E-state index contributed by atoms with van der Waals surface area (Å²) >= 11 is 0. The summed E-state index contributed by atoms with van der Waals surface area (Å²) in [6.45, 7) is 8.24. The quantitative estimate of drug-likeness (QED) is 0.430. The predicted molar refractivity (Wildman–Crippen MR) is 117 cm³/mol. The van der Waals surface area contributed by atoms with E-state index >= 15 is 0 Å². The highest BCUT2D eigenvalue weighted by Crippen LogP contribution is 2.20. The molecule has 0 spiro atoms. The molecular weight excluding hydrogens is 388 g/mol. The first-order valence-corrected chi connectivity index (χ1v) is 11.1. The summed E-state index contributed by atoms with van der Waals surface area (Å²) in [6, 6.07) is 12.9. The van der Waals surface area contributed by atoms with Crippen LogP contribution in [0.25, 0.3) is 0 Å². The van der Waals surface area contributed by atoms with Gasteiger partial charge < -0.3 is 15.4 Å². The lowest BCUT2D eigenvalue weighted by atomic mass is 10.1. The summed E-state index contributed by atoms with van der Waals surface area (Å²) in [5.74, 6) is 1.51. The maximum Gasteiger partial charge on any atom is 0.240 e. The number of nitrogens with zero attached hydrogens (tertiary/aromatic N) is 1. The number of ether oxygens (including phenoxy) is 1. The molecule has 0 saturated heterocycles. The zero-order valence-corrected chi connectivity index (χ0v) is 18.3. The fourth-order valence-corrected chi connectivity index (χ4v) is 3.52. The Morgan fingerprint density at radius 2 is 1.90 bits per heavy atom. The third-order valence-corrected chi connectivity index (χ3v) is 5.62. The molecule has 7 nitrogen and oxygen atoms in total.